The van der Waals surface area contributed by atoms with Crippen LogP contribution < -0.4 is 0 Å². The number of allylic oxidation sites excluding steroid dienone is 2. The van der Waals surface area contributed by atoms with E-state index in [4.69, 9.17) is 19.6 Å². The minimum atomic E-state index is -2.33. The Morgan fingerprint density at radius 3 is 1.89 bits per heavy atom. The van der Waals surface area contributed by atoms with E-state index in [9.17, 15) is 0 Å². The molecule has 4 N–H and O–H groups in total. The van der Waals surface area contributed by atoms with Crippen molar-refractivity contribution in [2.45, 2.75) is 32.1 Å². The minimum Gasteiger partial charge on any atom is -0.349 e. The second-order valence-corrected chi connectivity index (χ2v) is 7.56. The summed E-state index contributed by atoms with van der Waals surface area (Å²) in [5.41, 5.74) is 3.31. The van der Waals surface area contributed by atoms with Crippen LogP contribution in [0.5, 0.6) is 0 Å². The summed E-state index contributed by atoms with van der Waals surface area (Å²) in [6.45, 7) is 4.10. The van der Waals surface area contributed by atoms with Crippen molar-refractivity contribution < 1.29 is 19.6 Å². The van der Waals surface area contributed by atoms with E-state index < -0.39 is 22.2 Å². The van der Waals surface area contributed by atoms with Gasteiger partial charge < -0.3 is 19.6 Å². The van der Waals surface area contributed by atoms with E-state index in [0.717, 1.165) is 12.0 Å². The molecule has 0 aliphatic carbocycles. The summed E-state index contributed by atoms with van der Waals surface area (Å²) in [7, 11) is -4.66. The van der Waals surface area contributed by atoms with Gasteiger partial charge in [0.2, 0.25) is 0 Å². The number of benzene rings is 1. The Hall–Kier alpha value is -0.340. The minimum absolute atomic E-state index is 0.264. The van der Waals surface area contributed by atoms with Gasteiger partial charge in [-0.1, -0.05) is 35.9 Å². The second-order valence-electron chi connectivity index (χ2n) is 4.63. The van der Waals surface area contributed by atoms with Crippen molar-refractivity contribution in [1.29, 1.82) is 0 Å². The first-order chi connectivity index (χ1) is 8.90. The molecule has 0 aliphatic heterocycles. The fraction of sp³-hybridized carbons (Fsp3) is 0.385. The Bertz CT molecular complexity index is 403. The van der Waals surface area contributed by atoms with Crippen molar-refractivity contribution in [2.24, 2.45) is 0 Å². The van der Waals surface area contributed by atoms with E-state index in [2.05, 4.69) is 19.9 Å². The van der Waals surface area contributed by atoms with Gasteiger partial charge in [0, 0.05) is 0 Å². The highest BCUT2D eigenvalue weighted by molar-refractivity contribution is 7.64. The van der Waals surface area contributed by atoms with Crippen molar-refractivity contribution in [3.63, 3.8) is 0 Å². The van der Waals surface area contributed by atoms with E-state index in [1.165, 1.54) is 11.1 Å². The van der Waals surface area contributed by atoms with Crippen LogP contribution in [0.25, 0.3) is 0 Å². The topological polar surface area (TPSA) is 80.9 Å². The predicted molar refractivity (Wildman–Crippen MR) is 79.8 cm³/mol. The van der Waals surface area contributed by atoms with Crippen LogP contribution in [-0.2, 0) is 12.8 Å². The van der Waals surface area contributed by atoms with Crippen LogP contribution in [0.4, 0.5) is 0 Å². The van der Waals surface area contributed by atoms with Crippen LogP contribution in [0.15, 0.2) is 35.9 Å². The molecule has 0 bridgehead atoms. The van der Waals surface area contributed by atoms with E-state index in [-0.39, 0.29) is 6.42 Å². The monoisotopic (exact) mass is 302 g/mol. The first-order valence-electron chi connectivity index (χ1n) is 5.95. The Balaban J connectivity index is 2.68. The molecular formula is C13H20O4P2. The molecule has 0 heterocycles. The van der Waals surface area contributed by atoms with E-state index in [0.29, 0.717) is 0 Å². The maximum Gasteiger partial charge on any atom is 0.178 e. The van der Waals surface area contributed by atoms with Crippen molar-refractivity contribution in [2.75, 3.05) is 0 Å². The fourth-order valence-corrected chi connectivity index (χ4v) is 3.09. The van der Waals surface area contributed by atoms with Crippen LogP contribution in [0.2, 0.25) is 0 Å². The first kappa shape index (κ1) is 16.7. The van der Waals surface area contributed by atoms with Gasteiger partial charge in [0.25, 0.3) is 0 Å². The molecule has 4 nitrogen and oxygen atoms in total. The zero-order chi connectivity index (χ0) is 14.4. The van der Waals surface area contributed by atoms with Crippen molar-refractivity contribution in [1.82, 2.24) is 0 Å². The molecule has 0 atom stereocenters. The molecule has 1 aromatic carbocycles. The van der Waals surface area contributed by atoms with Gasteiger partial charge in [0.15, 0.2) is 16.8 Å². The third-order valence-electron chi connectivity index (χ3n) is 2.72. The van der Waals surface area contributed by atoms with Gasteiger partial charge in [-0.05, 0) is 37.8 Å². The van der Waals surface area contributed by atoms with Crippen LogP contribution in [0, 0.1) is 0 Å². The Morgan fingerprint density at radius 1 is 1.00 bits per heavy atom. The quantitative estimate of drug-likeness (QED) is 0.481. The van der Waals surface area contributed by atoms with Gasteiger partial charge in [0.1, 0.15) is 5.40 Å². The first-order valence-corrected chi connectivity index (χ1v) is 8.58. The number of hydrogen-bond acceptors (Lipinski definition) is 4. The zero-order valence-electron chi connectivity index (χ0n) is 11.1. The van der Waals surface area contributed by atoms with E-state index >= 15 is 0 Å². The molecule has 0 unspecified atom stereocenters. The van der Waals surface area contributed by atoms with Crippen LogP contribution in [0.3, 0.4) is 0 Å². The molecule has 0 amide bonds. The highest BCUT2D eigenvalue weighted by atomic mass is 31.2. The normalized spacial score (nSPS) is 11.4. The number of hydrogen-bond donors (Lipinski definition) is 4. The van der Waals surface area contributed by atoms with E-state index in [1.807, 2.05) is 24.3 Å². The lowest BCUT2D eigenvalue weighted by Crippen LogP contribution is -2.07. The molecule has 0 aliphatic rings. The Labute approximate surface area is 116 Å². The summed E-state index contributed by atoms with van der Waals surface area (Å²) in [4.78, 5) is 36.6. The average molecular weight is 302 g/mol. The summed E-state index contributed by atoms with van der Waals surface area (Å²) in [6.07, 6.45) is 3.27. The fourth-order valence-electron chi connectivity index (χ4n) is 1.60. The summed E-state index contributed by atoms with van der Waals surface area (Å²) < 4.78 is 0. The molecule has 6 heteroatoms. The molecule has 0 saturated heterocycles. The molecule has 0 radical (unpaired) electrons. The summed E-state index contributed by atoms with van der Waals surface area (Å²) in [5.74, 6) is 0. The van der Waals surface area contributed by atoms with E-state index in [1.54, 1.807) is 0 Å². The largest absolute Gasteiger partial charge is 0.349 e. The molecule has 0 saturated carbocycles. The molecule has 1 aromatic rings. The maximum absolute atomic E-state index is 9.15. The van der Waals surface area contributed by atoms with Gasteiger partial charge in [-0.3, -0.25) is 0 Å². The zero-order valence-corrected chi connectivity index (χ0v) is 12.9. The predicted octanol–water partition coefficient (Wildman–Crippen LogP) is 2.66. The SMILES string of the molecule is CC(C)=CCc1ccc(CC(P(O)O)P(O)O)cc1. The van der Waals surface area contributed by atoms with Gasteiger partial charge in [-0.2, -0.15) is 0 Å². The van der Waals surface area contributed by atoms with Gasteiger partial charge in [-0.25, -0.2) is 0 Å². The lowest BCUT2D eigenvalue weighted by molar-refractivity contribution is 0.448. The third kappa shape index (κ3) is 6.09. The smallest absolute Gasteiger partial charge is 0.178 e. The lowest BCUT2D eigenvalue weighted by Gasteiger charge is -2.18. The maximum atomic E-state index is 9.15. The summed E-state index contributed by atoms with van der Waals surface area (Å²) in [5, 5.41) is -0.867. The standard InChI is InChI=1S/C13H20O4P2/c1-10(2)3-4-11-5-7-12(8-6-11)9-13(18(14)15)19(16)17/h3,5-8,13-17H,4,9H2,1-2H3. The second kappa shape index (κ2) is 8.06. The molecule has 0 aromatic heterocycles. The molecule has 106 valence electrons. The van der Waals surface area contributed by atoms with Crippen molar-refractivity contribution in [3.05, 3.63) is 47.0 Å². The molecular weight excluding hydrogens is 282 g/mol. The Kier molecular flexibility index (Phi) is 7.09. The molecule has 0 fully saturated rings. The van der Waals surface area contributed by atoms with Crippen LogP contribution in [-0.4, -0.2) is 25.0 Å². The number of rotatable bonds is 6. The van der Waals surface area contributed by atoms with Crippen molar-refractivity contribution in [3.8, 4) is 0 Å². The third-order valence-corrected chi connectivity index (χ3v) is 5.39. The Morgan fingerprint density at radius 2 is 1.47 bits per heavy atom. The molecule has 0 spiro atoms. The highest BCUT2D eigenvalue weighted by Gasteiger charge is 2.26. The summed E-state index contributed by atoms with van der Waals surface area (Å²) >= 11 is 0. The molecule has 19 heavy (non-hydrogen) atoms. The van der Waals surface area contributed by atoms with Crippen LogP contribution >= 0.6 is 16.8 Å². The van der Waals surface area contributed by atoms with Gasteiger partial charge in [-0.15, -0.1) is 0 Å². The highest BCUT2D eigenvalue weighted by Crippen LogP contribution is 2.50. The van der Waals surface area contributed by atoms with Crippen LogP contribution in [0.1, 0.15) is 25.0 Å². The lowest BCUT2D eigenvalue weighted by atomic mass is 10.1. The van der Waals surface area contributed by atoms with Gasteiger partial charge >= 0.3 is 0 Å². The molecule has 1 rings (SSSR count). The van der Waals surface area contributed by atoms with Crippen molar-refractivity contribution >= 4 is 16.8 Å². The average Bonchev–Trinajstić information content (AvgIpc) is 2.34. The summed E-state index contributed by atoms with van der Waals surface area (Å²) in [6, 6.07) is 7.72. The van der Waals surface area contributed by atoms with Gasteiger partial charge in [0.05, 0.1) is 0 Å².